The number of hydrogen-bond donors (Lipinski definition) is 2. The van der Waals surface area contributed by atoms with Crippen molar-refractivity contribution < 1.29 is 19.7 Å². The predicted molar refractivity (Wildman–Crippen MR) is 41.9 cm³/mol. The van der Waals surface area contributed by atoms with Gasteiger partial charge in [0, 0.05) is 0 Å². The van der Waals surface area contributed by atoms with E-state index in [4.69, 9.17) is 14.9 Å². The lowest BCUT2D eigenvalue weighted by Crippen LogP contribution is -2.12. The third-order valence-electron chi connectivity index (χ3n) is 1.88. The van der Waals surface area contributed by atoms with Gasteiger partial charge in [0.1, 0.15) is 0 Å². The highest BCUT2D eigenvalue weighted by Gasteiger charge is 2.21. The third-order valence-corrected chi connectivity index (χ3v) is 1.88. The molecule has 2 N–H and O–H groups in total. The van der Waals surface area contributed by atoms with E-state index in [2.05, 4.69) is 0 Å². The fourth-order valence-corrected chi connectivity index (χ4v) is 1.12. The van der Waals surface area contributed by atoms with E-state index >= 15 is 0 Å². The Balaban J connectivity index is 1.93. The van der Waals surface area contributed by atoms with Crippen LogP contribution in [0.15, 0.2) is 0 Å². The number of ether oxygens (including phenoxy) is 1. The minimum atomic E-state index is -0.940. The fourth-order valence-electron chi connectivity index (χ4n) is 1.12. The number of aliphatic carboxylic acids is 1. The first kappa shape index (κ1) is 9.48. The summed E-state index contributed by atoms with van der Waals surface area (Å²) >= 11 is 0. The molecule has 0 aliphatic carbocycles. The molecule has 0 saturated carbocycles. The fraction of sp³-hybridized carbons (Fsp3) is 0.875. The molecule has 0 aromatic carbocycles. The van der Waals surface area contributed by atoms with E-state index in [1.54, 1.807) is 0 Å². The van der Waals surface area contributed by atoms with Crippen molar-refractivity contribution in [3.8, 4) is 0 Å². The van der Waals surface area contributed by atoms with Crippen LogP contribution in [-0.4, -0.2) is 35.0 Å². The molecule has 1 aliphatic heterocycles. The summed E-state index contributed by atoms with van der Waals surface area (Å²) in [5.41, 5.74) is 0. The monoisotopic (exact) mass is 174 g/mol. The third kappa shape index (κ3) is 4.31. The zero-order valence-electron chi connectivity index (χ0n) is 6.90. The van der Waals surface area contributed by atoms with E-state index in [9.17, 15) is 4.79 Å². The van der Waals surface area contributed by atoms with Crippen LogP contribution >= 0.6 is 0 Å². The molecular formula is C8H14O4. The Bertz CT molecular complexity index is 153. The van der Waals surface area contributed by atoms with Gasteiger partial charge in [0.25, 0.3) is 0 Å². The van der Waals surface area contributed by atoms with Gasteiger partial charge in [-0.15, -0.1) is 0 Å². The molecule has 1 aliphatic rings. The van der Waals surface area contributed by atoms with Crippen LogP contribution in [0.1, 0.15) is 25.7 Å². The van der Waals surface area contributed by atoms with Gasteiger partial charge in [-0.2, -0.15) is 0 Å². The van der Waals surface area contributed by atoms with Crippen LogP contribution in [0.25, 0.3) is 0 Å². The Labute approximate surface area is 71.2 Å². The van der Waals surface area contributed by atoms with Gasteiger partial charge in [0.2, 0.25) is 0 Å². The maximum absolute atomic E-state index is 10.1. The first-order valence-electron chi connectivity index (χ1n) is 4.20. The maximum atomic E-state index is 10.1. The second kappa shape index (κ2) is 4.42. The summed E-state index contributed by atoms with van der Waals surface area (Å²) in [6.07, 6.45) is 1.89. The highest BCUT2D eigenvalue weighted by atomic mass is 16.6. The second-order valence-electron chi connectivity index (χ2n) is 3.14. The van der Waals surface area contributed by atoms with Crippen molar-refractivity contribution in [3.63, 3.8) is 0 Å². The van der Waals surface area contributed by atoms with Crippen molar-refractivity contribution in [2.45, 2.75) is 37.9 Å². The maximum Gasteiger partial charge on any atom is 0.305 e. The molecule has 0 spiro atoms. The summed E-state index contributed by atoms with van der Waals surface area (Å²) in [4.78, 5) is 10.1. The molecule has 70 valence electrons. The molecule has 2 atom stereocenters. The molecule has 0 aromatic rings. The molecule has 1 fully saturated rings. The van der Waals surface area contributed by atoms with E-state index < -0.39 is 12.1 Å². The zero-order chi connectivity index (χ0) is 8.97. The van der Waals surface area contributed by atoms with Crippen molar-refractivity contribution in [2.24, 2.45) is 0 Å². The molecule has 12 heavy (non-hydrogen) atoms. The Morgan fingerprint density at radius 2 is 2.33 bits per heavy atom. The van der Waals surface area contributed by atoms with Gasteiger partial charge in [-0.05, 0) is 19.3 Å². The summed E-state index contributed by atoms with van der Waals surface area (Å²) in [6, 6.07) is 0. The number of hydrogen-bond acceptors (Lipinski definition) is 3. The zero-order valence-corrected chi connectivity index (χ0v) is 6.90. The van der Waals surface area contributed by atoms with Gasteiger partial charge in [-0.3, -0.25) is 4.79 Å². The minimum Gasteiger partial charge on any atom is -0.481 e. The summed E-state index contributed by atoms with van der Waals surface area (Å²) in [5.74, 6) is -0.940. The van der Waals surface area contributed by atoms with Crippen molar-refractivity contribution in [2.75, 3.05) is 6.61 Å². The number of carboxylic acid groups (broad SMARTS) is 1. The first-order chi connectivity index (χ1) is 5.68. The minimum absolute atomic E-state index is 0.147. The Kier molecular flexibility index (Phi) is 3.49. The van der Waals surface area contributed by atoms with Crippen LogP contribution in [0.5, 0.6) is 0 Å². The predicted octanol–water partition coefficient (Wildman–Crippen LogP) is 0.391. The van der Waals surface area contributed by atoms with E-state index in [-0.39, 0.29) is 6.42 Å². The lowest BCUT2D eigenvalue weighted by Gasteiger charge is -2.05. The quantitative estimate of drug-likeness (QED) is 0.571. The lowest BCUT2D eigenvalue weighted by atomic mass is 10.1. The molecule has 0 unspecified atom stereocenters. The SMILES string of the molecule is O=C(O)C[C@@H](O)CCC[C@@H]1CO1. The average Bonchev–Trinajstić information content (AvgIpc) is 2.69. The lowest BCUT2D eigenvalue weighted by molar-refractivity contribution is -0.139. The topological polar surface area (TPSA) is 70.1 Å². The number of aliphatic hydroxyl groups excluding tert-OH is 1. The summed E-state index contributed by atoms with van der Waals surface area (Å²) in [5, 5.41) is 17.5. The van der Waals surface area contributed by atoms with E-state index in [0.717, 1.165) is 19.4 Å². The van der Waals surface area contributed by atoms with Gasteiger partial charge in [0.15, 0.2) is 0 Å². The molecule has 1 heterocycles. The molecule has 0 radical (unpaired) electrons. The summed E-state index contributed by atoms with van der Waals surface area (Å²) in [6.45, 7) is 0.828. The normalized spacial score (nSPS) is 23.6. The largest absolute Gasteiger partial charge is 0.481 e. The standard InChI is InChI=1S/C8H14O4/c9-6(4-8(10)11)2-1-3-7-5-12-7/h6-7,9H,1-5H2,(H,10,11)/t6-,7+/m0/s1. The van der Waals surface area contributed by atoms with Gasteiger partial charge < -0.3 is 14.9 Å². The van der Waals surface area contributed by atoms with Crippen molar-refractivity contribution >= 4 is 5.97 Å². The first-order valence-corrected chi connectivity index (χ1v) is 4.20. The van der Waals surface area contributed by atoms with Crippen LogP contribution in [0.2, 0.25) is 0 Å². The van der Waals surface area contributed by atoms with Crippen molar-refractivity contribution in [1.82, 2.24) is 0 Å². The van der Waals surface area contributed by atoms with Crippen molar-refractivity contribution in [1.29, 1.82) is 0 Å². The van der Waals surface area contributed by atoms with E-state index in [0.29, 0.717) is 12.5 Å². The number of rotatable bonds is 6. The Morgan fingerprint density at radius 3 is 2.83 bits per heavy atom. The molecule has 1 saturated heterocycles. The van der Waals surface area contributed by atoms with E-state index in [1.165, 1.54) is 0 Å². The molecule has 0 bridgehead atoms. The van der Waals surface area contributed by atoms with Crippen LogP contribution in [0, 0.1) is 0 Å². The van der Waals surface area contributed by atoms with Gasteiger partial charge >= 0.3 is 5.97 Å². The van der Waals surface area contributed by atoms with Crippen molar-refractivity contribution in [3.05, 3.63) is 0 Å². The number of carboxylic acids is 1. The molecular weight excluding hydrogens is 160 g/mol. The highest BCUT2D eigenvalue weighted by molar-refractivity contribution is 5.67. The number of epoxide rings is 1. The highest BCUT2D eigenvalue weighted by Crippen LogP contribution is 2.17. The molecule has 4 heteroatoms. The van der Waals surface area contributed by atoms with Gasteiger partial charge in [-0.1, -0.05) is 0 Å². The van der Waals surface area contributed by atoms with Gasteiger partial charge in [-0.25, -0.2) is 0 Å². The number of carbonyl (C=O) groups is 1. The molecule has 1 rings (SSSR count). The Morgan fingerprint density at radius 1 is 1.67 bits per heavy atom. The average molecular weight is 174 g/mol. The molecule has 4 nitrogen and oxygen atoms in total. The second-order valence-corrected chi connectivity index (χ2v) is 3.14. The molecule has 0 aromatic heterocycles. The summed E-state index contributed by atoms with van der Waals surface area (Å²) < 4.78 is 4.97. The van der Waals surface area contributed by atoms with Crippen LogP contribution in [0.4, 0.5) is 0 Å². The van der Waals surface area contributed by atoms with Crippen LogP contribution < -0.4 is 0 Å². The van der Waals surface area contributed by atoms with E-state index in [1.807, 2.05) is 0 Å². The van der Waals surface area contributed by atoms with Crippen LogP contribution in [0.3, 0.4) is 0 Å². The Hall–Kier alpha value is -0.610. The smallest absolute Gasteiger partial charge is 0.305 e. The number of aliphatic hydroxyl groups is 1. The summed E-state index contributed by atoms with van der Waals surface area (Å²) in [7, 11) is 0. The van der Waals surface area contributed by atoms with Gasteiger partial charge in [0.05, 0.1) is 25.2 Å². The molecule has 0 amide bonds. The van der Waals surface area contributed by atoms with Crippen LogP contribution in [-0.2, 0) is 9.53 Å².